The molecule has 30 heavy (non-hydrogen) atoms. The summed E-state index contributed by atoms with van der Waals surface area (Å²) in [6.45, 7) is 8.98. The number of nitrogens with zero attached hydrogens (tertiary/aromatic N) is 1. The summed E-state index contributed by atoms with van der Waals surface area (Å²) in [5, 5.41) is 0. The third-order valence-electron chi connectivity index (χ3n) is 4.44. The van der Waals surface area contributed by atoms with Crippen molar-refractivity contribution in [3.8, 4) is 5.75 Å². The number of benzene rings is 2. The van der Waals surface area contributed by atoms with Crippen molar-refractivity contribution < 1.29 is 22.7 Å². The van der Waals surface area contributed by atoms with E-state index >= 15 is 0 Å². The molecule has 0 N–H and O–H groups in total. The maximum absolute atomic E-state index is 13.6. The highest BCUT2D eigenvalue weighted by Gasteiger charge is 2.40. The van der Waals surface area contributed by atoms with E-state index in [9.17, 15) is 13.2 Å². The standard InChI is InChI=1S/C23H31NO5S/c1-17(2)21(22(25)29-23(3,4)5)24(16-18-10-8-7-9-11-18)30(26,27)20-14-12-19(28-6)13-15-20/h7-15,17,21H,16H2,1-6H3. The summed E-state index contributed by atoms with van der Waals surface area (Å²) in [5.41, 5.74) is 0.0516. The van der Waals surface area contributed by atoms with Crippen LogP contribution >= 0.6 is 0 Å². The van der Waals surface area contributed by atoms with Gasteiger partial charge in [0.1, 0.15) is 17.4 Å². The van der Waals surface area contributed by atoms with Crippen LogP contribution in [0.15, 0.2) is 59.5 Å². The fourth-order valence-electron chi connectivity index (χ4n) is 3.06. The fourth-order valence-corrected chi connectivity index (χ4v) is 4.76. The molecule has 2 aromatic rings. The van der Waals surface area contributed by atoms with E-state index in [4.69, 9.17) is 9.47 Å². The van der Waals surface area contributed by atoms with E-state index in [2.05, 4.69) is 0 Å². The number of methoxy groups -OCH3 is 1. The molecule has 7 heteroatoms. The Labute approximate surface area is 179 Å². The molecule has 2 rings (SSSR count). The first-order valence-corrected chi connectivity index (χ1v) is 11.3. The van der Waals surface area contributed by atoms with Gasteiger partial charge in [-0.15, -0.1) is 0 Å². The Bertz CT molecular complexity index is 932. The van der Waals surface area contributed by atoms with Crippen molar-refractivity contribution in [1.82, 2.24) is 4.31 Å². The second kappa shape index (κ2) is 9.62. The molecule has 164 valence electrons. The number of sulfonamides is 1. The molecule has 0 aliphatic rings. The van der Waals surface area contributed by atoms with E-state index in [0.29, 0.717) is 5.75 Å². The van der Waals surface area contributed by atoms with Crippen LogP contribution in [-0.4, -0.2) is 37.4 Å². The van der Waals surface area contributed by atoms with Gasteiger partial charge in [-0.05, 0) is 56.5 Å². The lowest BCUT2D eigenvalue weighted by Gasteiger charge is -2.34. The smallest absolute Gasteiger partial charge is 0.325 e. The van der Waals surface area contributed by atoms with Crippen LogP contribution in [0.3, 0.4) is 0 Å². The van der Waals surface area contributed by atoms with E-state index < -0.39 is 27.6 Å². The van der Waals surface area contributed by atoms with E-state index in [-0.39, 0.29) is 17.4 Å². The van der Waals surface area contributed by atoms with Gasteiger partial charge in [-0.1, -0.05) is 44.2 Å². The second-order valence-corrected chi connectivity index (χ2v) is 10.3. The Hall–Kier alpha value is -2.38. The summed E-state index contributed by atoms with van der Waals surface area (Å²) in [6.07, 6.45) is 0. The molecule has 0 saturated heterocycles. The van der Waals surface area contributed by atoms with Gasteiger partial charge in [0, 0.05) is 6.54 Å². The summed E-state index contributed by atoms with van der Waals surface area (Å²) in [5.74, 6) is -0.307. The van der Waals surface area contributed by atoms with Crippen LogP contribution in [0.2, 0.25) is 0 Å². The highest BCUT2D eigenvalue weighted by molar-refractivity contribution is 7.89. The van der Waals surface area contributed by atoms with E-state index in [1.165, 1.54) is 23.5 Å². The molecule has 0 heterocycles. The van der Waals surface area contributed by atoms with Gasteiger partial charge in [0.2, 0.25) is 10.0 Å². The van der Waals surface area contributed by atoms with Crippen molar-refractivity contribution in [3.63, 3.8) is 0 Å². The molecule has 0 spiro atoms. The minimum Gasteiger partial charge on any atom is -0.497 e. The molecule has 0 aromatic heterocycles. The molecule has 0 radical (unpaired) electrons. The van der Waals surface area contributed by atoms with Gasteiger partial charge in [-0.3, -0.25) is 4.79 Å². The average molecular weight is 434 g/mol. The van der Waals surface area contributed by atoms with Gasteiger partial charge in [0.15, 0.2) is 0 Å². The average Bonchev–Trinajstić information content (AvgIpc) is 2.66. The van der Waals surface area contributed by atoms with Crippen molar-refractivity contribution in [2.75, 3.05) is 7.11 Å². The molecule has 0 bridgehead atoms. The fraction of sp³-hybridized carbons (Fsp3) is 0.435. The van der Waals surface area contributed by atoms with Crippen LogP contribution in [0.4, 0.5) is 0 Å². The predicted molar refractivity (Wildman–Crippen MR) is 117 cm³/mol. The van der Waals surface area contributed by atoms with Crippen LogP contribution in [0, 0.1) is 5.92 Å². The summed E-state index contributed by atoms with van der Waals surface area (Å²) in [4.78, 5) is 13.2. The molecule has 1 atom stereocenters. The molecule has 6 nitrogen and oxygen atoms in total. The van der Waals surface area contributed by atoms with Gasteiger partial charge in [0.05, 0.1) is 12.0 Å². The minimum atomic E-state index is -3.99. The lowest BCUT2D eigenvalue weighted by atomic mass is 10.0. The molecule has 2 aromatic carbocycles. The molecule has 0 fully saturated rings. The Morgan fingerprint density at radius 3 is 2.03 bits per heavy atom. The SMILES string of the molecule is COc1ccc(S(=O)(=O)N(Cc2ccccc2)C(C(=O)OC(C)(C)C)C(C)C)cc1. The Kier molecular flexibility index (Phi) is 7.66. The number of carbonyl (C=O) groups is 1. The van der Waals surface area contributed by atoms with Crippen LogP contribution in [0.5, 0.6) is 5.75 Å². The van der Waals surface area contributed by atoms with Crippen LogP contribution in [-0.2, 0) is 26.1 Å². The molecule has 0 aliphatic heterocycles. The van der Waals surface area contributed by atoms with Crippen molar-refractivity contribution in [2.24, 2.45) is 5.92 Å². The van der Waals surface area contributed by atoms with Crippen molar-refractivity contribution in [1.29, 1.82) is 0 Å². The first-order valence-electron chi connectivity index (χ1n) is 9.88. The van der Waals surface area contributed by atoms with Crippen LogP contribution in [0.1, 0.15) is 40.2 Å². The molecule has 1 unspecified atom stereocenters. The minimum absolute atomic E-state index is 0.0529. The zero-order valence-corrected chi connectivity index (χ0v) is 19.3. The van der Waals surface area contributed by atoms with Gasteiger partial charge < -0.3 is 9.47 Å². The Morgan fingerprint density at radius 2 is 1.57 bits per heavy atom. The first-order chi connectivity index (χ1) is 14.0. The Balaban J connectivity index is 2.55. The monoisotopic (exact) mass is 433 g/mol. The quantitative estimate of drug-likeness (QED) is 0.582. The topological polar surface area (TPSA) is 72.9 Å². The lowest BCUT2D eigenvalue weighted by molar-refractivity contribution is -0.161. The highest BCUT2D eigenvalue weighted by atomic mass is 32.2. The van der Waals surface area contributed by atoms with Gasteiger partial charge in [-0.2, -0.15) is 4.31 Å². The maximum atomic E-state index is 13.6. The van der Waals surface area contributed by atoms with Crippen molar-refractivity contribution in [3.05, 3.63) is 60.2 Å². The van der Waals surface area contributed by atoms with Gasteiger partial charge in [0.25, 0.3) is 0 Å². The summed E-state index contributed by atoms with van der Waals surface area (Å²) in [6, 6.07) is 14.4. The maximum Gasteiger partial charge on any atom is 0.325 e. The van der Waals surface area contributed by atoms with Gasteiger partial charge >= 0.3 is 5.97 Å². The zero-order valence-electron chi connectivity index (χ0n) is 18.5. The van der Waals surface area contributed by atoms with E-state index in [0.717, 1.165) is 5.56 Å². The summed E-state index contributed by atoms with van der Waals surface area (Å²) < 4.78 is 39.2. The number of esters is 1. The van der Waals surface area contributed by atoms with E-state index in [1.54, 1.807) is 32.9 Å². The van der Waals surface area contributed by atoms with Gasteiger partial charge in [-0.25, -0.2) is 8.42 Å². The lowest BCUT2D eigenvalue weighted by Crippen LogP contribution is -2.49. The van der Waals surface area contributed by atoms with E-state index in [1.807, 2.05) is 44.2 Å². The Morgan fingerprint density at radius 1 is 1.00 bits per heavy atom. The van der Waals surface area contributed by atoms with Crippen LogP contribution in [0.25, 0.3) is 0 Å². The number of hydrogen-bond acceptors (Lipinski definition) is 5. The first kappa shape index (κ1) is 23.9. The largest absolute Gasteiger partial charge is 0.497 e. The number of ether oxygens (including phenoxy) is 2. The number of hydrogen-bond donors (Lipinski definition) is 0. The zero-order chi connectivity index (χ0) is 22.5. The summed E-state index contributed by atoms with van der Waals surface area (Å²) >= 11 is 0. The predicted octanol–water partition coefficient (Wildman–Crippen LogP) is 4.25. The molecule has 0 aliphatic carbocycles. The molecule has 0 amide bonds. The number of rotatable bonds is 8. The number of carbonyl (C=O) groups excluding carboxylic acids is 1. The highest BCUT2D eigenvalue weighted by Crippen LogP contribution is 2.27. The molecular formula is C23H31NO5S. The van der Waals surface area contributed by atoms with Crippen LogP contribution < -0.4 is 4.74 Å². The molecule has 0 saturated carbocycles. The third kappa shape index (κ3) is 6.06. The molecular weight excluding hydrogens is 402 g/mol. The third-order valence-corrected chi connectivity index (χ3v) is 6.28. The summed E-state index contributed by atoms with van der Waals surface area (Å²) in [7, 11) is -2.48. The van der Waals surface area contributed by atoms with Crippen molar-refractivity contribution >= 4 is 16.0 Å². The second-order valence-electron chi connectivity index (χ2n) is 8.43. The normalized spacial score (nSPS) is 13.3. The van der Waals surface area contributed by atoms with Crippen molar-refractivity contribution in [2.45, 2.75) is 57.7 Å².